The van der Waals surface area contributed by atoms with E-state index in [9.17, 15) is 0 Å². The Balaban J connectivity index is 2.20. The van der Waals surface area contributed by atoms with Gasteiger partial charge in [-0.25, -0.2) is 0 Å². The summed E-state index contributed by atoms with van der Waals surface area (Å²) in [6.45, 7) is 0.302. The third-order valence-electron chi connectivity index (χ3n) is 2.23. The summed E-state index contributed by atoms with van der Waals surface area (Å²) < 4.78 is 1.61. The van der Waals surface area contributed by atoms with Crippen LogP contribution in [-0.2, 0) is 12.1 Å². The van der Waals surface area contributed by atoms with Crippen LogP contribution in [0.5, 0.6) is 0 Å². The minimum absolute atomic E-state index is 0.131. The summed E-state index contributed by atoms with van der Waals surface area (Å²) in [6.07, 6.45) is 5.68. The van der Waals surface area contributed by atoms with Crippen molar-refractivity contribution in [3.63, 3.8) is 0 Å². The number of nitriles is 1. The molecule has 0 aliphatic heterocycles. The van der Waals surface area contributed by atoms with Crippen LogP contribution < -0.4 is 5.73 Å². The van der Waals surface area contributed by atoms with Crippen LogP contribution in [0.4, 0.5) is 0 Å². The van der Waals surface area contributed by atoms with Gasteiger partial charge in [-0.1, -0.05) is 0 Å². The number of hydrogen-bond acceptors (Lipinski definition) is 3. The minimum atomic E-state index is -0.131. The van der Waals surface area contributed by atoms with E-state index in [1.165, 1.54) is 0 Å². The van der Waals surface area contributed by atoms with E-state index in [0.717, 1.165) is 18.4 Å². The van der Waals surface area contributed by atoms with E-state index in [4.69, 9.17) is 11.0 Å². The Morgan fingerprint density at radius 2 is 2.50 bits per heavy atom. The molecule has 0 atom stereocenters. The highest BCUT2D eigenvalue weighted by Gasteiger charge is 2.40. The standard InChI is InChI=1S/C8H10N4/c9-3-4-12-6-7(5-11-12)8(10)1-2-8/h5-6H,1-2,4,10H2. The lowest BCUT2D eigenvalue weighted by molar-refractivity contribution is 0.701. The second kappa shape index (κ2) is 2.32. The zero-order valence-electron chi connectivity index (χ0n) is 6.70. The lowest BCUT2D eigenvalue weighted by Crippen LogP contribution is -2.17. The molecule has 1 aliphatic carbocycles. The molecule has 1 aromatic rings. The lowest BCUT2D eigenvalue weighted by Gasteiger charge is -2.02. The van der Waals surface area contributed by atoms with E-state index in [2.05, 4.69) is 5.10 Å². The summed E-state index contributed by atoms with van der Waals surface area (Å²) in [5, 5.41) is 12.4. The molecule has 1 fully saturated rings. The normalized spacial score (nSPS) is 18.7. The van der Waals surface area contributed by atoms with Crippen molar-refractivity contribution < 1.29 is 0 Å². The predicted octanol–water partition coefficient (Wildman–Crippen LogP) is 0.354. The van der Waals surface area contributed by atoms with Crippen molar-refractivity contribution in [3.05, 3.63) is 18.0 Å². The Morgan fingerprint density at radius 3 is 3.08 bits per heavy atom. The average Bonchev–Trinajstić information content (AvgIpc) is 2.64. The zero-order valence-corrected chi connectivity index (χ0v) is 6.70. The lowest BCUT2D eigenvalue weighted by atomic mass is 10.1. The van der Waals surface area contributed by atoms with Crippen LogP contribution in [-0.4, -0.2) is 9.78 Å². The van der Waals surface area contributed by atoms with Crippen molar-refractivity contribution in [2.75, 3.05) is 0 Å². The van der Waals surface area contributed by atoms with E-state index in [1.54, 1.807) is 10.9 Å². The van der Waals surface area contributed by atoms with Gasteiger partial charge >= 0.3 is 0 Å². The van der Waals surface area contributed by atoms with Crippen LogP contribution >= 0.6 is 0 Å². The van der Waals surface area contributed by atoms with Gasteiger partial charge in [0.2, 0.25) is 0 Å². The third kappa shape index (κ3) is 1.08. The summed E-state index contributed by atoms with van der Waals surface area (Å²) in [5.41, 5.74) is 6.86. The fourth-order valence-corrected chi connectivity index (χ4v) is 1.20. The smallest absolute Gasteiger partial charge is 0.128 e. The van der Waals surface area contributed by atoms with Crippen molar-refractivity contribution >= 4 is 0 Å². The molecular formula is C8H10N4. The fourth-order valence-electron chi connectivity index (χ4n) is 1.20. The maximum Gasteiger partial charge on any atom is 0.128 e. The van der Waals surface area contributed by atoms with Crippen LogP contribution in [0.2, 0.25) is 0 Å². The van der Waals surface area contributed by atoms with Crippen LogP contribution in [0.15, 0.2) is 12.4 Å². The fraction of sp³-hybridized carbons (Fsp3) is 0.500. The van der Waals surface area contributed by atoms with Crippen molar-refractivity contribution in [2.45, 2.75) is 24.9 Å². The molecule has 1 aromatic heterocycles. The van der Waals surface area contributed by atoms with E-state index in [-0.39, 0.29) is 5.54 Å². The summed E-state index contributed by atoms with van der Waals surface area (Å²) in [7, 11) is 0. The Labute approximate surface area is 70.6 Å². The monoisotopic (exact) mass is 162 g/mol. The third-order valence-corrected chi connectivity index (χ3v) is 2.23. The van der Waals surface area contributed by atoms with E-state index in [1.807, 2.05) is 12.3 Å². The van der Waals surface area contributed by atoms with Gasteiger partial charge in [-0.2, -0.15) is 10.4 Å². The number of nitrogens with two attached hydrogens (primary N) is 1. The molecule has 4 nitrogen and oxygen atoms in total. The van der Waals surface area contributed by atoms with E-state index >= 15 is 0 Å². The molecule has 0 radical (unpaired) electrons. The van der Waals surface area contributed by atoms with Gasteiger partial charge in [0.15, 0.2) is 0 Å². The largest absolute Gasteiger partial charge is 0.321 e. The molecule has 1 aliphatic rings. The highest BCUT2D eigenvalue weighted by atomic mass is 15.3. The molecule has 0 bridgehead atoms. The van der Waals surface area contributed by atoms with Crippen LogP contribution in [0.1, 0.15) is 18.4 Å². The number of hydrogen-bond donors (Lipinski definition) is 1. The van der Waals surface area contributed by atoms with Crippen molar-refractivity contribution in [3.8, 4) is 6.07 Å². The number of rotatable bonds is 2. The molecule has 12 heavy (non-hydrogen) atoms. The van der Waals surface area contributed by atoms with Gasteiger partial charge < -0.3 is 5.73 Å². The molecule has 2 N–H and O–H groups in total. The molecule has 62 valence electrons. The molecule has 1 saturated carbocycles. The van der Waals surface area contributed by atoms with Gasteiger partial charge in [0.25, 0.3) is 0 Å². The predicted molar refractivity (Wildman–Crippen MR) is 42.9 cm³/mol. The molecular weight excluding hydrogens is 152 g/mol. The molecule has 0 spiro atoms. The molecule has 0 amide bonds. The summed E-state index contributed by atoms with van der Waals surface area (Å²) in [6, 6.07) is 2.03. The zero-order chi connectivity index (χ0) is 8.60. The van der Waals surface area contributed by atoms with E-state index < -0.39 is 0 Å². The van der Waals surface area contributed by atoms with Gasteiger partial charge in [-0.05, 0) is 12.8 Å². The maximum atomic E-state index is 8.41. The Morgan fingerprint density at radius 1 is 1.75 bits per heavy atom. The van der Waals surface area contributed by atoms with Crippen molar-refractivity contribution in [1.82, 2.24) is 9.78 Å². The highest BCUT2D eigenvalue weighted by Crippen LogP contribution is 2.42. The summed E-state index contributed by atoms with van der Waals surface area (Å²) in [5.74, 6) is 0. The Kier molecular flexibility index (Phi) is 1.42. The maximum absolute atomic E-state index is 8.41. The Hall–Kier alpha value is -1.34. The molecule has 0 aromatic carbocycles. The number of aromatic nitrogens is 2. The van der Waals surface area contributed by atoms with Crippen LogP contribution in [0.25, 0.3) is 0 Å². The molecule has 0 saturated heterocycles. The average molecular weight is 162 g/mol. The first-order chi connectivity index (χ1) is 5.74. The minimum Gasteiger partial charge on any atom is -0.321 e. The van der Waals surface area contributed by atoms with Gasteiger partial charge in [0.05, 0.1) is 12.3 Å². The quantitative estimate of drug-likeness (QED) is 0.682. The first kappa shape index (κ1) is 7.32. The topological polar surface area (TPSA) is 67.6 Å². The first-order valence-corrected chi connectivity index (χ1v) is 3.93. The number of nitrogens with zero attached hydrogens (tertiary/aromatic N) is 3. The van der Waals surface area contributed by atoms with Gasteiger partial charge in [0, 0.05) is 17.3 Å². The molecule has 2 rings (SSSR count). The summed E-state index contributed by atoms with van der Waals surface area (Å²) >= 11 is 0. The van der Waals surface area contributed by atoms with Crippen molar-refractivity contribution in [2.24, 2.45) is 5.73 Å². The SMILES string of the molecule is N#CCn1cc(C2(N)CC2)cn1. The molecule has 1 heterocycles. The van der Waals surface area contributed by atoms with Gasteiger partial charge in [-0.3, -0.25) is 4.68 Å². The molecule has 0 unspecified atom stereocenters. The van der Waals surface area contributed by atoms with Crippen molar-refractivity contribution in [1.29, 1.82) is 5.26 Å². The summed E-state index contributed by atoms with van der Waals surface area (Å²) in [4.78, 5) is 0. The van der Waals surface area contributed by atoms with Gasteiger partial charge in [0.1, 0.15) is 6.54 Å². The second-order valence-electron chi connectivity index (χ2n) is 3.24. The molecule has 4 heteroatoms. The second-order valence-corrected chi connectivity index (χ2v) is 3.24. The van der Waals surface area contributed by atoms with Crippen LogP contribution in [0, 0.1) is 11.3 Å². The van der Waals surface area contributed by atoms with Crippen LogP contribution in [0.3, 0.4) is 0 Å². The van der Waals surface area contributed by atoms with E-state index in [0.29, 0.717) is 6.54 Å². The van der Waals surface area contributed by atoms with Gasteiger partial charge in [-0.15, -0.1) is 0 Å². The first-order valence-electron chi connectivity index (χ1n) is 3.93. The Bertz CT molecular complexity index is 329. The highest BCUT2D eigenvalue weighted by molar-refractivity contribution is 5.24.